The monoisotopic (exact) mass is 231 g/mol. The van der Waals surface area contributed by atoms with Gasteiger partial charge in [-0.05, 0) is 24.3 Å². The fourth-order valence-electron chi connectivity index (χ4n) is 1.53. The summed E-state index contributed by atoms with van der Waals surface area (Å²) in [4.78, 5) is 11.8. The number of hydrogen-bond acceptors (Lipinski definition) is 3. The second-order valence-corrected chi connectivity index (χ2v) is 3.59. The summed E-state index contributed by atoms with van der Waals surface area (Å²) in [6, 6.07) is 11.8. The molecule has 2 rings (SSSR count). The fourth-order valence-corrected chi connectivity index (χ4v) is 1.53. The van der Waals surface area contributed by atoms with Crippen LogP contribution in [0, 0.1) is 0 Å². The second kappa shape index (κ2) is 5.32. The van der Waals surface area contributed by atoms with Crippen LogP contribution in [0.3, 0.4) is 0 Å². The van der Waals surface area contributed by atoms with Crippen LogP contribution in [-0.2, 0) is 0 Å². The molecule has 2 aromatic rings. The van der Waals surface area contributed by atoms with Crippen molar-refractivity contribution in [3.05, 3.63) is 60.1 Å². The Morgan fingerprint density at radius 3 is 2.59 bits per heavy atom. The van der Waals surface area contributed by atoms with E-state index in [1.807, 2.05) is 6.07 Å². The molecule has 1 heterocycles. The molecule has 1 aromatic carbocycles. The second-order valence-electron chi connectivity index (χ2n) is 3.59. The van der Waals surface area contributed by atoms with Gasteiger partial charge in [0.2, 0.25) is 0 Å². The Balaban J connectivity index is 2.08. The van der Waals surface area contributed by atoms with Gasteiger partial charge in [-0.1, -0.05) is 18.2 Å². The molecule has 1 unspecified atom stereocenters. The molecule has 2 N–H and O–H groups in total. The molecule has 0 fully saturated rings. The highest BCUT2D eigenvalue weighted by Gasteiger charge is 2.16. The minimum absolute atomic E-state index is 0.202. The average molecular weight is 231 g/mol. The standard InChI is InChI=1S/C13H13NO3/c15-9-11(12-7-4-8-17-12)14-13(16)10-5-2-1-3-6-10/h1-8,11,15H,9H2,(H,14,16). The Bertz CT molecular complexity index is 465. The summed E-state index contributed by atoms with van der Waals surface area (Å²) in [7, 11) is 0. The Labute approximate surface area is 98.9 Å². The van der Waals surface area contributed by atoms with Crippen LogP contribution in [0.1, 0.15) is 22.2 Å². The van der Waals surface area contributed by atoms with E-state index < -0.39 is 6.04 Å². The summed E-state index contributed by atoms with van der Waals surface area (Å²) in [5.74, 6) is 0.304. The molecule has 1 aromatic heterocycles. The van der Waals surface area contributed by atoms with Crippen LogP contribution in [0.2, 0.25) is 0 Å². The van der Waals surface area contributed by atoms with E-state index in [1.165, 1.54) is 6.26 Å². The smallest absolute Gasteiger partial charge is 0.251 e. The molecule has 0 radical (unpaired) electrons. The molecular formula is C13H13NO3. The topological polar surface area (TPSA) is 62.5 Å². The molecule has 0 aliphatic carbocycles. The van der Waals surface area contributed by atoms with Crippen molar-refractivity contribution in [1.82, 2.24) is 5.32 Å². The maximum atomic E-state index is 11.8. The summed E-state index contributed by atoms with van der Waals surface area (Å²) < 4.78 is 5.15. The molecular weight excluding hydrogens is 218 g/mol. The van der Waals surface area contributed by atoms with Crippen LogP contribution in [0.4, 0.5) is 0 Å². The molecule has 17 heavy (non-hydrogen) atoms. The van der Waals surface area contributed by atoms with Gasteiger partial charge in [-0.25, -0.2) is 0 Å². The Hall–Kier alpha value is -2.07. The Morgan fingerprint density at radius 1 is 1.24 bits per heavy atom. The summed E-state index contributed by atoms with van der Waals surface area (Å²) in [5.41, 5.74) is 0.553. The molecule has 4 nitrogen and oxygen atoms in total. The van der Waals surface area contributed by atoms with Crippen molar-refractivity contribution in [2.75, 3.05) is 6.61 Å². The number of carbonyl (C=O) groups excluding carboxylic acids is 1. The molecule has 1 atom stereocenters. The van der Waals surface area contributed by atoms with Crippen LogP contribution in [-0.4, -0.2) is 17.6 Å². The van der Waals surface area contributed by atoms with Gasteiger partial charge >= 0.3 is 0 Å². The Morgan fingerprint density at radius 2 is 2.00 bits per heavy atom. The third kappa shape index (κ3) is 2.73. The van der Waals surface area contributed by atoms with Gasteiger partial charge in [-0.2, -0.15) is 0 Å². The number of furan rings is 1. The molecule has 1 amide bonds. The molecule has 0 bridgehead atoms. The number of amides is 1. The first-order chi connectivity index (χ1) is 8.31. The predicted molar refractivity (Wildman–Crippen MR) is 62.4 cm³/mol. The minimum Gasteiger partial charge on any atom is -0.467 e. The van der Waals surface area contributed by atoms with Crippen LogP contribution < -0.4 is 5.32 Å². The molecule has 4 heteroatoms. The van der Waals surface area contributed by atoms with E-state index in [2.05, 4.69) is 5.32 Å². The maximum absolute atomic E-state index is 11.8. The predicted octanol–water partition coefficient (Wildman–Crippen LogP) is 1.74. The highest BCUT2D eigenvalue weighted by atomic mass is 16.3. The van der Waals surface area contributed by atoms with Crippen molar-refractivity contribution >= 4 is 5.91 Å². The highest BCUT2D eigenvalue weighted by molar-refractivity contribution is 5.94. The van der Waals surface area contributed by atoms with Crippen LogP contribution in [0.5, 0.6) is 0 Å². The maximum Gasteiger partial charge on any atom is 0.251 e. The third-order valence-electron chi connectivity index (χ3n) is 2.41. The SMILES string of the molecule is O=C(NC(CO)c1ccco1)c1ccccc1. The van der Waals surface area contributed by atoms with Gasteiger partial charge in [0, 0.05) is 5.56 Å². The zero-order valence-corrected chi connectivity index (χ0v) is 9.17. The van der Waals surface area contributed by atoms with Crippen LogP contribution in [0.25, 0.3) is 0 Å². The first-order valence-electron chi connectivity index (χ1n) is 5.31. The van der Waals surface area contributed by atoms with Crippen molar-refractivity contribution in [3.8, 4) is 0 Å². The lowest BCUT2D eigenvalue weighted by atomic mass is 10.2. The number of nitrogens with one attached hydrogen (secondary N) is 1. The van der Waals surface area contributed by atoms with E-state index in [-0.39, 0.29) is 12.5 Å². The third-order valence-corrected chi connectivity index (χ3v) is 2.41. The first kappa shape index (κ1) is 11.4. The molecule has 0 aliphatic rings. The molecule has 88 valence electrons. The average Bonchev–Trinajstić information content (AvgIpc) is 2.90. The summed E-state index contributed by atoms with van der Waals surface area (Å²) in [6.45, 7) is -0.202. The number of hydrogen-bond donors (Lipinski definition) is 2. The van der Waals surface area contributed by atoms with E-state index in [4.69, 9.17) is 4.42 Å². The van der Waals surface area contributed by atoms with E-state index >= 15 is 0 Å². The fraction of sp³-hybridized carbons (Fsp3) is 0.154. The minimum atomic E-state index is -0.516. The lowest BCUT2D eigenvalue weighted by Gasteiger charge is -2.13. The summed E-state index contributed by atoms with van der Waals surface area (Å²) in [6.07, 6.45) is 1.51. The van der Waals surface area contributed by atoms with Gasteiger partial charge in [0.05, 0.1) is 12.9 Å². The molecule has 0 saturated heterocycles. The van der Waals surface area contributed by atoms with Crippen molar-refractivity contribution in [1.29, 1.82) is 0 Å². The number of carbonyl (C=O) groups is 1. The van der Waals surface area contributed by atoms with E-state index in [9.17, 15) is 9.90 Å². The number of benzene rings is 1. The zero-order chi connectivity index (χ0) is 12.1. The van der Waals surface area contributed by atoms with E-state index in [0.29, 0.717) is 11.3 Å². The van der Waals surface area contributed by atoms with Crippen molar-refractivity contribution < 1.29 is 14.3 Å². The zero-order valence-electron chi connectivity index (χ0n) is 9.17. The first-order valence-corrected chi connectivity index (χ1v) is 5.31. The van der Waals surface area contributed by atoms with Crippen LogP contribution in [0.15, 0.2) is 53.1 Å². The van der Waals surface area contributed by atoms with Crippen molar-refractivity contribution in [2.24, 2.45) is 0 Å². The van der Waals surface area contributed by atoms with Crippen molar-refractivity contribution in [3.63, 3.8) is 0 Å². The van der Waals surface area contributed by atoms with Gasteiger partial charge in [0.1, 0.15) is 11.8 Å². The molecule has 0 aliphatic heterocycles. The van der Waals surface area contributed by atoms with Gasteiger partial charge in [0.25, 0.3) is 5.91 Å². The number of aliphatic hydroxyl groups is 1. The molecule has 0 spiro atoms. The normalized spacial score (nSPS) is 12.1. The van der Waals surface area contributed by atoms with Crippen LogP contribution >= 0.6 is 0 Å². The molecule has 0 saturated carbocycles. The summed E-state index contributed by atoms with van der Waals surface area (Å²) >= 11 is 0. The highest BCUT2D eigenvalue weighted by Crippen LogP contribution is 2.13. The van der Waals surface area contributed by atoms with Crippen molar-refractivity contribution in [2.45, 2.75) is 6.04 Å². The van der Waals surface area contributed by atoms with E-state index in [1.54, 1.807) is 36.4 Å². The van der Waals surface area contributed by atoms with Gasteiger partial charge < -0.3 is 14.8 Å². The summed E-state index contributed by atoms with van der Waals surface area (Å²) in [5, 5.41) is 11.9. The van der Waals surface area contributed by atoms with Gasteiger partial charge in [0.15, 0.2) is 0 Å². The lowest BCUT2D eigenvalue weighted by Crippen LogP contribution is -2.30. The van der Waals surface area contributed by atoms with Gasteiger partial charge in [-0.3, -0.25) is 4.79 Å². The quantitative estimate of drug-likeness (QED) is 0.842. The largest absolute Gasteiger partial charge is 0.467 e. The van der Waals surface area contributed by atoms with E-state index in [0.717, 1.165) is 0 Å². The number of aliphatic hydroxyl groups excluding tert-OH is 1. The number of rotatable bonds is 4. The lowest BCUT2D eigenvalue weighted by molar-refractivity contribution is 0.0907. The Kier molecular flexibility index (Phi) is 3.57. The van der Waals surface area contributed by atoms with Gasteiger partial charge in [-0.15, -0.1) is 0 Å².